The third kappa shape index (κ3) is 3.69. The second-order valence-electron chi connectivity index (χ2n) is 5.30. The van der Waals surface area contributed by atoms with Crippen LogP contribution in [0.5, 0.6) is 0 Å². The predicted octanol–water partition coefficient (Wildman–Crippen LogP) is 1.50. The van der Waals surface area contributed by atoms with Crippen molar-refractivity contribution in [2.24, 2.45) is 0 Å². The molecule has 1 aromatic rings. The van der Waals surface area contributed by atoms with E-state index in [2.05, 4.69) is 36.2 Å². The molecule has 2 N–H and O–H groups in total. The zero-order chi connectivity index (χ0) is 12.5. The molecule has 2 atom stereocenters. The van der Waals surface area contributed by atoms with Gasteiger partial charge in [0.15, 0.2) is 5.82 Å². The van der Waals surface area contributed by atoms with Crippen molar-refractivity contribution in [2.45, 2.75) is 49.8 Å². The Kier molecular flexibility index (Phi) is 3.75. The average Bonchev–Trinajstić information content (AvgIpc) is 2.81. The molecule has 0 unspecified atom stereocenters. The monoisotopic (exact) mass is 257 g/mol. The summed E-state index contributed by atoms with van der Waals surface area (Å²) in [6, 6.07) is 0.00545. The zero-order valence-corrected chi connectivity index (χ0v) is 11.3. The van der Waals surface area contributed by atoms with E-state index in [0.717, 1.165) is 11.6 Å². The fourth-order valence-corrected chi connectivity index (χ4v) is 2.33. The van der Waals surface area contributed by atoms with E-state index in [1.54, 1.807) is 11.8 Å². The van der Waals surface area contributed by atoms with Crippen LogP contribution in [-0.4, -0.2) is 32.6 Å². The van der Waals surface area contributed by atoms with Crippen molar-refractivity contribution in [3.63, 3.8) is 0 Å². The van der Waals surface area contributed by atoms with Crippen LogP contribution in [0.3, 0.4) is 0 Å². The first-order valence-corrected chi connectivity index (χ1v) is 6.80. The van der Waals surface area contributed by atoms with E-state index in [1.807, 2.05) is 0 Å². The van der Waals surface area contributed by atoms with Gasteiger partial charge in [-0.25, -0.2) is 0 Å². The number of β-amino-alcohol motifs (C(OH)–C–C–N with tert-alkyl or cyclic N) is 1. The highest BCUT2D eigenvalue weighted by Gasteiger charge is 2.28. The molecule has 2 rings (SSSR count). The Morgan fingerprint density at radius 3 is 2.88 bits per heavy atom. The molecule has 1 saturated heterocycles. The van der Waals surface area contributed by atoms with Gasteiger partial charge >= 0.3 is 0 Å². The van der Waals surface area contributed by atoms with Crippen LogP contribution in [0.15, 0.2) is 4.52 Å². The number of hydrogen-bond acceptors (Lipinski definition) is 6. The van der Waals surface area contributed by atoms with E-state index in [-0.39, 0.29) is 16.9 Å². The molecule has 2 heterocycles. The van der Waals surface area contributed by atoms with Gasteiger partial charge in [0, 0.05) is 11.3 Å². The lowest BCUT2D eigenvalue weighted by Gasteiger charge is -2.15. The molecule has 96 valence electrons. The summed E-state index contributed by atoms with van der Waals surface area (Å²) in [4.78, 5) is 4.36. The Bertz CT molecular complexity index is 375. The summed E-state index contributed by atoms with van der Waals surface area (Å²) >= 11 is 1.79. The van der Waals surface area contributed by atoms with Gasteiger partial charge < -0.3 is 14.9 Å². The minimum Gasteiger partial charge on any atom is -0.392 e. The third-order valence-corrected chi connectivity index (χ3v) is 3.79. The average molecular weight is 257 g/mol. The number of hydrogen-bond donors (Lipinski definition) is 2. The molecule has 6 heteroatoms. The van der Waals surface area contributed by atoms with E-state index >= 15 is 0 Å². The molecular formula is C11H19N3O2S. The summed E-state index contributed by atoms with van der Waals surface area (Å²) < 4.78 is 5.41. The van der Waals surface area contributed by atoms with Crippen molar-refractivity contribution in [1.29, 1.82) is 0 Å². The number of aliphatic hydroxyl groups is 1. The summed E-state index contributed by atoms with van der Waals surface area (Å²) in [6.07, 6.45) is 0.341. The smallest absolute Gasteiger partial charge is 0.243 e. The van der Waals surface area contributed by atoms with Crippen molar-refractivity contribution in [1.82, 2.24) is 15.5 Å². The molecule has 17 heavy (non-hydrogen) atoms. The Hall–Kier alpha value is -0.590. The fourth-order valence-electron chi connectivity index (χ4n) is 1.65. The van der Waals surface area contributed by atoms with Gasteiger partial charge in [-0.05, 0) is 6.42 Å². The standard InChI is InChI=1S/C11H19N3O2S/c1-11(2,3)17-6-9-13-10(16-14-9)8-4-7(15)5-12-8/h7-8,12,15H,4-6H2,1-3H3/t7-,8+/m0/s1. The summed E-state index contributed by atoms with van der Waals surface area (Å²) in [6.45, 7) is 7.08. The number of aromatic nitrogens is 2. The first-order chi connectivity index (χ1) is 7.94. The lowest BCUT2D eigenvalue weighted by molar-refractivity contribution is 0.191. The summed E-state index contributed by atoms with van der Waals surface area (Å²) in [5.74, 6) is 2.07. The quantitative estimate of drug-likeness (QED) is 0.855. The van der Waals surface area contributed by atoms with Crippen molar-refractivity contribution < 1.29 is 9.63 Å². The van der Waals surface area contributed by atoms with E-state index in [1.165, 1.54) is 0 Å². The molecule has 0 aliphatic carbocycles. The molecule has 5 nitrogen and oxygen atoms in total. The highest BCUT2D eigenvalue weighted by Crippen LogP contribution is 2.27. The van der Waals surface area contributed by atoms with Crippen LogP contribution in [0.25, 0.3) is 0 Å². The Labute approximate surface area is 105 Å². The van der Waals surface area contributed by atoms with Crippen molar-refractivity contribution in [3.8, 4) is 0 Å². The summed E-state index contributed by atoms with van der Waals surface area (Å²) in [5, 5.41) is 16.5. The van der Waals surface area contributed by atoms with Crippen molar-refractivity contribution >= 4 is 11.8 Å². The maximum absolute atomic E-state index is 9.42. The third-order valence-electron chi connectivity index (χ3n) is 2.52. The van der Waals surface area contributed by atoms with Crippen LogP contribution in [0.1, 0.15) is 44.9 Å². The van der Waals surface area contributed by atoms with Gasteiger partial charge in [-0.15, -0.1) is 11.8 Å². The molecule has 1 aliphatic rings. The number of aliphatic hydroxyl groups excluding tert-OH is 1. The second-order valence-corrected chi connectivity index (χ2v) is 7.10. The van der Waals surface area contributed by atoms with Crippen molar-refractivity contribution in [2.75, 3.05) is 6.54 Å². The number of thioether (sulfide) groups is 1. The molecule has 1 aromatic heterocycles. The van der Waals surface area contributed by atoms with Crippen LogP contribution >= 0.6 is 11.8 Å². The number of nitrogens with one attached hydrogen (secondary N) is 1. The largest absolute Gasteiger partial charge is 0.392 e. The Morgan fingerprint density at radius 1 is 1.53 bits per heavy atom. The predicted molar refractivity (Wildman–Crippen MR) is 66.7 cm³/mol. The van der Waals surface area contributed by atoms with Gasteiger partial charge in [0.2, 0.25) is 5.89 Å². The fraction of sp³-hybridized carbons (Fsp3) is 0.818. The maximum Gasteiger partial charge on any atom is 0.243 e. The summed E-state index contributed by atoms with van der Waals surface area (Å²) in [7, 11) is 0. The van der Waals surface area contributed by atoms with E-state index in [0.29, 0.717) is 18.9 Å². The first kappa shape index (κ1) is 12.9. The minimum absolute atomic E-state index is 0.00545. The van der Waals surface area contributed by atoms with Gasteiger partial charge in [-0.1, -0.05) is 25.9 Å². The van der Waals surface area contributed by atoms with Gasteiger partial charge in [-0.3, -0.25) is 0 Å². The van der Waals surface area contributed by atoms with E-state index in [9.17, 15) is 5.11 Å². The molecular weight excluding hydrogens is 238 g/mol. The molecule has 0 aromatic carbocycles. The van der Waals surface area contributed by atoms with Gasteiger partial charge in [0.25, 0.3) is 0 Å². The Balaban J connectivity index is 1.92. The first-order valence-electron chi connectivity index (χ1n) is 5.82. The molecule has 0 amide bonds. The molecule has 1 aliphatic heterocycles. The second kappa shape index (κ2) is 4.96. The lowest BCUT2D eigenvalue weighted by Crippen LogP contribution is -2.15. The van der Waals surface area contributed by atoms with Crippen LogP contribution in [-0.2, 0) is 5.75 Å². The van der Waals surface area contributed by atoms with Crippen LogP contribution in [0.2, 0.25) is 0 Å². The van der Waals surface area contributed by atoms with E-state index < -0.39 is 0 Å². The van der Waals surface area contributed by atoms with Crippen molar-refractivity contribution in [3.05, 3.63) is 11.7 Å². The van der Waals surface area contributed by atoms with Crippen LogP contribution < -0.4 is 5.32 Å². The summed E-state index contributed by atoms with van der Waals surface area (Å²) in [5.41, 5.74) is 0. The zero-order valence-electron chi connectivity index (χ0n) is 10.4. The van der Waals surface area contributed by atoms with Crippen LogP contribution in [0.4, 0.5) is 0 Å². The molecule has 0 saturated carbocycles. The van der Waals surface area contributed by atoms with Crippen LogP contribution in [0, 0.1) is 0 Å². The number of nitrogens with zero attached hydrogens (tertiary/aromatic N) is 2. The Morgan fingerprint density at radius 2 is 2.29 bits per heavy atom. The normalized spacial score (nSPS) is 25.4. The molecule has 0 radical (unpaired) electrons. The minimum atomic E-state index is -0.306. The van der Waals surface area contributed by atoms with E-state index in [4.69, 9.17) is 4.52 Å². The maximum atomic E-state index is 9.42. The highest BCUT2D eigenvalue weighted by molar-refractivity contribution is 7.99. The van der Waals surface area contributed by atoms with Gasteiger partial charge in [0.1, 0.15) is 0 Å². The molecule has 1 fully saturated rings. The highest BCUT2D eigenvalue weighted by atomic mass is 32.2. The molecule has 0 bridgehead atoms. The van der Waals surface area contributed by atoms with Gasteiger partial charge in [-0.2, -0.15) is 4.98 Å². The van der Waals surface area contributed by atoms with Gasteiger partial charge in [0.05, 0.1) is 17.9 Å². The lowest BCUT2D eigenvalue weighted by atomic mass is 10.2. The molecule has 0 spiro atoms. The topological polar surface area (TPSA) is 71.2 Å². The SMILES string of the molecule is CC(C)(C)SCc1noc([C@H]2C[C@H](O)CN2)n1. The number of rotatable bonds is 3.